The SMILES string of the molecule is CCOc1ccc(/C=N\NC(=O)[C@@H](C#N)c2ccccc2)cc1OC. The average Bonchev–Trinajstić information content (AvgIpc) is 2.64. The summed E-state index contributed by atoms with van der Waals surface area (Å²) in [5, 5.41) is 13.1. The molecule has 6 nitrogen and oxygen atoms in total. The van der Waals surface area contributed by atoms with Gasteiger partial charge in [0.15, 0.2) is 17.4 Å². The molecule has 128 valence electrons. The van der Waals surface area contributed by atoms with Crippen molar-refractivity contribution in [2.75, 3.05) is 13.7 Å². The highest BCUT2D eigenvalue weighted by Gasteiger charge is 2.19. The van der Waals surface area contributed by atoms with Gasteiger partial charge >= 0.3 is 0 Å². The zero-order valence-corrected chi connectivity index (χ0v) is 14.1. The fraction of sp³-hybridized carbons (Fsp3) is 0.211. The van der Waals surface area contributed by atoms with E-state index in [1.807, 2.05) is 19.1 Å². The largest absolute Gasteiger partial charge is 0.493 e. The number of carbonyl (C=O) groups is 1. The lowest BCUT2D eigenvalue weighted by atomic mass is 10.0. The molecule has 2 aromatic rings. The molecule has 6 heteroatoms. The van der Waals surface area contributed by atoms with E-state index in [4.69, 9.17) is 9.47 Å². The quantitative estimate of drug-likeness (QED) is 0.622. The molecule has 0 fully saturated rings. The molecule has 0 unspecified atom stereocenters. The van der Waals surface area contributed by atoms with E-state index >= 15 is 0 Å². The monoisotopic (exact) mass is 337 g/mol. The van der Waals surface area contributed by atoms with Crippen LogP contribution in [0.15, 0.2) is 53.6 Å². The third-order valence-electron chi connectivity index (χ3n) is 3.40. The van der Waals surface area contributed by atoms with Crippen molar-refractivity contribution in [2.24, 2.45) is 5.10 Å². The first kappa shape index (κ1) is 18.0. The maximum absolute atomic E-state index is 12.1. The lowest BCUT2D eigenvalue weighted by molar-refractivity contribution is -0.121. The number of hydrogen-bond donors (Lipinski definition) is 1. The molecule has 0 bridgehead atoms. The summed E-state index contributed by atoms with van der Waals surface area (Å²) in [6, 6.07) is 16.1. The minimum absolute atomic E-state index is 0.483. The molecule has 0 aliphatic rings. The zero-order valence-electron chi connectivity index (χ0n) is 14.1. The summed E-state index contributed by atoms with van der Waals surface area (Å²) in [7, 11) is 1.55. The Balaban J connectivity index is 2.05. The summed E-state index contributed by atoms with van der Waals surface area (Å²) in [5.41, 5.74) is 3.75. The van der Waals surface area contributed by atoms with E-state index in [-0.39, 0.29) is 0 Å². The lowest BCUT2D eigenvalue weighted by Gasteiger charge is -2.09. The van der Waals surface area contributed by atoms with Crippen molar-refractivity contribution in [3.8, 4) is 17.6 Å². The Morgan fingerprint density at radius 1 is 1.28 bits per heavy atom. The fourth-order valence-electron chi connectivity index (χ4n) is 2.20. The van der Waals surface area contributed by atoms with E-state index in [1.54, 1.807) is 49.6 Å². The van der Waals surface area contributed by atoms with Gasteiger partial charge in [0.25, 0.3) is 5.91 Å². The standard InChI is InChI=1S/C19H19N3O3/c1-3-25-17-10-9-14(11-18(17)24-2)13-21-22-19(23)16(12-20)15-7-5-4-6-8-15/h4-11,13,16H,3H2,1-2H3,(H,22,23)/b21-13-/t16-/m0/s1. The van der Waals surface area contributed by atoms with Gasteiger partial charge in [-0.25, -0.2) is 5.43 Å². The molecule has 2 aromatic carbocycles. The van der Waals surface area contributed by atoms with Crippen LogP contribution in [0.3, 0.4) is 0 Å². The van der Waals surface area contributed by atoms with Crippen LogP contribution in [0.4, 0.5) is 0 Å². The maximum atomic E-state index is 12.1. The highest BCUT2D eigenvalue weighted by Crippen LogP contribution is 2.27. The predicted octanol–water partition coefficient (Wildman–Crippen LogP) is 2.85. The van der Waals surface area contributed by atoms with Crippen molar-refractivity contribution in [2.45, 2.75) is 12.8 Å². The first-order chi connectivity index (χ1) is 12.2. The number of benzene rings is 2. The molecule has 0 saturated carbocycles. The van der Waals surface area contributed by atoms with E-state index in [0.717, 1.165) is 5.56 Å². The molecule has 2 rings (SSSR count). The topological polar surface area (TPSA) is 83.7 Å². The van der Waals surface area contributed by atoms with Gasteiger partial charge in [-0.15, -0.1) is 0 Å². The number of nitrogens with one attached hydrogen (secondary N) is 1. The second-order valence-corrected chi connectivity index (χ2v) is 5.05. The molecule has 1 atom stereocenters. The summed E-state index contributed by atoms with van der Waals surface area (Å²) in [6.07, 6.45) is 1.48. The molecule has 0 aliphatic carbocycles. The van der Waals surface area contributed by atoms with E-state index in [2.05, 4.69) is 10.5 Å². The number of rotatable bonds is 7. The summed E-state index contributed by atoms with van der Waals surface area (Å²) < 4.78 is 10.7. The molecule has 0 spiro atoms. The van der Waals surface area contributed by atoms with Gasteiger partial charge in [0.1, 0.15) is 0 Å². The Hall–Kier alpha value is -3.33. The molecular weight excluding hydrogens is 318 g/mol. The van der Waals surface area contributed by atoms with Gasteiger partial charge < -0.3 is 9.47 Å². The molecule has 0 saturated heterocycles. The van der Waals surface area contributed by atoms with Crippen LogP contribution < -0.4 is 14.9 Å². The van der Waals surface area contributed by atoms with Crippen LogP contribution in [0.2, 0.25) is 0 Å². The van der Waals surface area contributed by atoms with Gasteiger partial charge in [0, 0.05) is 0 Å². The van der Waals surface area contributed by atoms with E-state index in [9.17, 15) is 10.1 Å². The summed E-state index contributed by atoms with van der Waals surface area (Å²) in [6.45, 7) is 2.43. The third-order valence-corrected chi connectivity index (χ3v) is 3.40. The number of ether oxygens (including phenoxy) is 2. The van der Waals surface area contributed by atoms with Crippen LogP contribution in [-0.2, 0) is 4.79 Å². The second kappa shape index (κ2) is 9.08. The number of carbonyl (C=O) groups excluding carboxylic acids is 1. The number of hydrazone groups is 1. The molecule has 0 aliphatic heterocycles. The summed E-state index contributed by atoms with van der Waals surface area (Å²) >= 11 is 0. The van der Waals surface area contributed by atoms with Crippen molar-refractivity contribution in [3.63, 3.8) is 0 Å². The third kappa shape index (κ3) is 4.82. The Morgan fingerprint density at radius 2 is 2.04 bits per heavy atom. The predicted molar refractivity (Wildman–Crippen MR) is 94.7 cm³/mol. The normalized spacial score (nSPS) is 11.6. The van der Waals surface area contributed by atoms with Crippen molar-refractivity contribution >= 4 is 12.1 Å². The molecule has 1 N–H and O–H groups in total. The minimum atomic E-state index is -0.909. The van der Waals surface area contributed by atoms with Crippen LogP contribution in [0, 0.1) is 11.3 Å². The van der Waals surface area contributed by atoms with E-state index in [1.165, 1.54) is 6.21 Å². The van der Waals surface area contributed by atoms with Crippen LogP contribution in [0.1, 0.15) is 24.0 Å². The second-order valence-electron chi connectivity index (χ2n) is 5.05. The van der Waals surface area contributed by atoms with Gasteiger partial charge in [-0.2, -0.15) is 10.4 Å². The molecular formula is C19H19N3O3. The zero-order chi connectivity index (χ0) is 18.1. The van der Waals surface area contributed by atoms with Crippen molar-refractivity contribution in [1.29, 1.82) is 5.26 Å². The lowest BCUT2D eigenvalue weighted by Crippen LogP contribution is -2.24. The molecule has 0 heterocycles. The molecule has 25 heavy (non-hydrogen) atoms. The van der Waals surface area contributed by atoms with Crippen LogP contribution in [0.25, 0.3) is 0 Å². The van der Waals surface area contributed by atoms with Gasteiger partial charge in [0.05, 0.1) is 26.0 Å². The Bertz CT molecular complexity index is 782. The van der Waals surface area contributed by atoms with Crippen LogP contribution in [0.5, 0.6) is 11.5 Å². The molecule has 0 aromatic heterocycles. The Kier molecular flexibility index (Phi) is 6.55. The van der Waals surface area contributed by atoms with E-state index in [0.29, 0.717) is 23.7 Å². The average molecular weight is 337 g/mol. The van der Waals surface area contributed by atoms with Gasteiger partial charge in [-0.05, 0) is 36.2 Å². The summed E-state index contributed by atoms with van der Waals surface area (Å²) in [5.74, 6) is -0.174. The highest BCUT2D eigenvalue weighted by atomic mass is 16.5. The van der Waals surface area contributed by atoms with Crippen molar-refractivity contribution in [1.82, 2.24) is 5.43 Å². The van der Waals surface area contributed by atoms with Crippen LogP contribution in [-0.4, -0.2) is 25.8 Å². The van der Waals surface area contributed by atoms with Gasteiger partial charge in [-0.3, -0.25) is 4.79 Å². The number of amides is 1. The Morgan fingerprint density at radius 3 is 2.68 bits per heavy atom. The molecule has 1 amide bonds. The Labute approximate surface area is 146 Å². The van der Waals surface area contributed by atoms with Crippen molar-refractivity contribution < 1.29 is 14.3 Å². The molecule has 0 radical (unpaired) electrons. The van der Waals surface area contributed by atoms with Gasteiger partial charge in [0.2, 0.25) is 0 Å². The first-order valence-electron chi connectivity index (χ1n) is 7.78. The van der Waals surface area contributed by atoms with Crippen molar-refractivity contribution in [3.05, 3.63) is 59.7 Å². The fourth-order valence-corrected chi connectivity index (χ4v) is 2.20. The number of hydrogen-bond acceptors (Lipinski definition) is 5. The number of nitriles is 1. The minimum Gasteiger partial charge on any atom is -0.493 e. The van der Waals surface area contributed by atoms with Gasteiger partial charge in [-0.1, -0.05) is 30.3 Å². The highest BCUT2D eigenvalue weighted by molar-refractivity contribution is 5.88. The van der Waals surface area contributed by atoms with E-state index < -0.39 is 11.8 Å². The summed E-state index contributed by atoms with van der Waals surface area (Å²) in [4.78, 5) is 12.1. The first-order valence-corrected chi connectivity index (χ1v) is 7.78. The smallest absolute Gasteiger partial charge is 0.261 e. The van der Waals surface area contributed by atoms with Crippen LogP contribution >= 0.6 is 0 Å². The number of methoxy groups -OCH3 is 1. The maximum Gasteiger partial charge on any atom is 0.261 e. The number of nitrogens with zero attached hydrogens (tertiary/aromatic N) is 2.